The molecule has 0 aromatic heterocycles. The molecule has 0 bridgehead atoms. The van der Waals surface area contributed by atoms with E-state index in [0.717, 1.165) is 56.6 Å². The molecule has 8 heteroatoms. The number of aliphatic imine (C=N–C) groups is 1. The zero-order valence-electron chi connectivity index (χ0n) is 16.1. The standard InChI is InChI=1S/C19H29N3O4.HI/c1-3-20-18(21-8-11-23-2)22-13-19(6-9-24-10-7-19)15-4-5-16-17(12-15)26-14-25-16;/h4-5,12H,3,6-11,13-14H2,1-2H3,(H2,20,21,22);1H. The average Bonchev–Trinajstić information content (AvgIpc) is 3.15. The summed E-state index contributed by atoms with van der Waals surface area (Å²) >= 11 is 0. The van der Waals surface area contributed by atoms with Crippen LogP contribution in [-0.2, 0) is 14.9 Å². The van der Waals surface area contributed by atoms with Gasteiger partial charge >= 0.3 is 0 Å². The van der Waals surface area contributed by atoms with Crippen LogP contribution in [0.15, 0.2) is 23.2 Å². The second kappa shape index (κ2) is 10.9. The molecule has 0 saturated carbocycles. The van der Waals surface area contributed by atoms with Gasteiger partial charge in [0, 0.05) is 38.8 Å². The van der Waals surface area contributed by atoms with Gasteiger partial charge in [-0.1, -0.05) is 6.07 Å². The molecule has 2 N–H and O–H groups in total. The van der Waals surface area contributed by atoms with Crippen molar-refractivity contribution in [2.75, 3.05) is 53.4 Å². The van der Waals surface area contributed by atoms with Crippen LogP contribution < -0.4 is 20.1 Å². The summed E-state index contributed by atoms with van der Waals surface area (Å²) in [7, 11) is 1.70. The predicted molar refractivity (Wildman–Crippen MR) is 116 cm³/mol. The third-order valence-electron chi connectivity index (χ3n) is 4.92. The van der Waals surface area contributed by atoms with Crippen LogP contribution in [0, 0.1) is 0 Å². The molecule has 0 aliphatic carbocycles. The third kappa shape index (κ3) is 5.61. The molecule has 0 spiro atoms. The fourth-order valence-electron chi connectivity index (χ4n) is 3.37. The zero-order valence-corrected chi connectivity index (χ0v) is 18.4. The molecule has 2 heterocycles. The van der Waals surface area contributed by atoms with E-state index in [1.54, 1.807) is 7.11 Å². The molecule has 27 heavy (non-hydrogen) atoms. The minimum absolute atomic E-state index is 0. The third-order valence-corrected chi connectivity index (χ3v) is 4.92. The molecule has 1 aromatic rings. The Morgan fingerprint density at radius 2 is 1.96 bits per heavy atom. The lowest BCUT2D eigenvalue weighted by Gasteiger charge is -2.36. The van der Waals surface area contributed by atoms with Crippen molar-refractivity contribution in [1.82, 2.24) is 10.6 Å². The average molecular weight is 491 g/mol. The van der Waals surface area contributed by atoms with Crippen LogP contribution in [0.25, 0.3) is 0 Å². The number of nitrogens with zero attached hydrogens (tertiary/aromatic N) is 1. The molecule has 2 aliphatic heterocycles. The Balaban J connectivity index is 0.00000261. The number of ether oxygens (including phenoxy) is 4. The lowest BCUT2D eigenvalue weighted by atomic mass is 9.74. The summed E-state index contributed by atoms with van der Waals surface area (Å²) in [6.07, 6.45) is 1.88. The van der Waals surface area contributed by atoms with Gasteiger partial charge in [-0.25, -0.2) is 0 Å². The van der Waals surface area contributed by atoms with Crippen molar-refractivity contribution in [3.05, 3.63) is 23.8 Å². The number of benzene rings is 1. The highest BCUT2D eigenvalue weighted by molar-refractivity contribution is 14.0. The lowest BCUT2D eigenvalue weighted by Crippen LogP contribution is -2.42. The van der Waals surface area contributed by atoms with Gasteiger partial charge in [-0.3, -0.25) is 4.99 Å². The highest BCUT2D eigenvalue weighted by Crippen LogP contribution is 2.41. The fraction of sp³-hybridized carbons (Fsp3) is 0.632. The van der Waals surface area contributed by atoms with Gasteiger partial charge in [0.2, 0.25) is 6.79 Å². The minimum Gasteiger partial charge on any atom is -0.454 e. The topological polar surface area (TPSA) is 73.3 Å². The number of rotatable bonds is 7. The van der Waals surface area contributed by atoms with Crippen LogP contribution >= 0.6 is 24.0 Å². The summed E-state index contributed by atoms with van der Waals surface area (Å²) in [4.78, 5) is 4.86. The maximum Gasteiger partial charge on any atom is 0.231 e. The van der Waals surface area contributed by atoms with Gasteiger partial charge in [0.05, 0.1) is 13.2 Å². The van der Waals surface area contributed by atoms with E-state index in [1.807, 2.05) is 6.07 Å². The van der Waals surface area contributed by atoms with Crippen molar-refractivity contribution in [2.24, 2.45) is 4.99 Å². The van der Waals surface area contributed by atoms with Crippen LogP contribution in [0.5, 0.6) is 11.5 Å². The van der Waals surface area contributed by atoms with E-state index >= 15 is 0 Å². The van der Waals surface area contributed by atoms with Crippen LogP contribution in [-0.4, -0.2) is 59.3 Å². The first-order valence-electron chi connectivity index (χ1n) is 9.26. The summed E-state index contributed by atoms with van der Waals surface area (Å²) in [6, 6.07) is 6.24. The summed E-state index contributed by atoms with van der Waals surface area (Å²) in [5.74, 6) is 2.45. The Bertz CT molecular complexity index is 621. The monoisotopic (exact) mass is 491 g/mol. The van der Waals surface area contributed by atoms with Gasteiger partial charge in [0.1, 0.15) is 0 Å². The van der Waals surface area contributed by atoms with Gasteiger partial charge in [0.25, 0.3) is 0 Å². The number of guanidine groups is 1. The summed E-state index contributed by atoms with van der Waals surface area (Å²) in [6.45, 7) is 6.73. The summed E-state index contributed by atoms with van der Waals surface area (Å²) in [5.41, 5.74) is 1.18. The second-order valence-electron chi connectivity index (χ2n) is 6.58. The molecule has 2 aliphatic rings. The molecule has 1 fully saturated rings. The highest BCUT2D eigenvalue weighted by Gasteiger charge is 2.35. The van der Waals surface area contributed by atoms with Crippen molar-refractivity contribution in [3.8, 4) is 11.5 Å². The first-order chi connectivity index (χ1) is 12.8. The quantitative estimate of drug-likeness (QED) is 0.264. The zero-order chi connectivity index (χ0) is 18.2. The predicted octanol–water partition coefficient (Wildman–Crippen LogP) is 2.28. The Morgan fingerprint density at radius 1 is 1.19 bits per heavy atom. The Morgan fingerprint density at radius 3 is 2.70 bits per heavy atom. The Kier molecular flexibility index (Phi) is 8.91. The molecule has 0 unspecified atom stereocenters. The maximum atomic E-state index is 5.62. The molecule has 1 aromatic carbocycles. The number of hydrogen-bond acceptors (Lipinski definition) is 5. The largest absolute Gasteiger partial charge is 0.454 e. The SMILES string of the molecule is CCNC(=NCC1(c2ccc3c(c2)OCO3)CCOCC1)NCCOC.I. The van der Waals surface area contributed by atoms with Crippen LogP contribution in [0.4, 0.5) is 0 Å². The number of halogens is 1. The molecule has 0 radical (unpaired) electrons. The van der Waals surface area contributed by atoms with E-state index in [1.165, 1.54) is 5.56 Å². The van der Waals surface area contributed by atoms with E-state index in [0.29, 0.717) is 19.9 Å². The van der Waals surface area contributed by atoms with Gasteiger partial charge in [-0.05, 0) is 37.5 Å². The second-order valence-corrected chi connectivity index (χ2v) is 6.58. The number of nitrogens with one attached hydrogen (secondary N) is 2. The van der Waals surface area contributed by atoms with E-state index < -0.39 is 0 Å². The number of methoxy groups -OCH3 is 1. The van der Waals surface area contributed by atoms with Crippen molar-refractivity contribution in [1.29, 1.82) is 0 Å². The van der Waals surface area contributed by atoms with Crippen molar-refractivity contribution >= 4 is 29.9 Å². The highest BCUT2D eigenvalue weighted by atomic mass is 127. The number of hydrogen-bond donors (Lipinski definition) is 2. The maximum absolute atomic E-state index is 5.62. The molecule has 1 saturated heterocycles. The Hall–Kier alpha value is -1.26. The van der Waals surface area contributed by atoms with Gasteiger partial charge in [0.15, 0.2) is 17.5 Å². The van der Waals surface area contributed by atoms with Crippen LogP contribution in [0.1, 0.15) is 25.3 Å². The van der Waals surface area contributed by atoms with Gasteiger partial charge in [-0.15, -0.1) is 24.0 Å². The molecular formula is C19H30IN3O4. The molecule has 0 amide bonds. The molecular weight excluding hydrogens is 461 g/mol. The lowest BCUT2D eigenvalue weighted by molar-refractivity contribution is 0.0530. The van der Waals surface area contributed by atoms with E-state index in [-0.39, 0.29) is 29.4 Å². The molecule has 3 rings (SSSR count). The van der Waals surface area contributed by atoms with Gasteiger partial charge in [-0.2, -0.15) is 0 Å². The number of fused-ring (bicyclic) bond motifs is 1. The normalized spacial score (nSPS) is 17.9. The minimum atomic E-state index is -0.0527. The van der Waals surface area contributed by atoms with Crippen LogP contribution in [0.2, 0.25) is 0 Å². The van der Waals surface area contributed by atoms with Crippen molar-refractivity contribution in [2.45, 2.75) is 25.2 Å². The smallest absolute Gasteiger partial charge is 0.231 e. The summed E-state index contributed by atoms with van der Waals surface area (Å²) in [5, 5.41) is 6.61. The van der Waals surface area contributed by atoms with Crippen molar-refractivity contribution < 1.29 is 18.9 Å². The van der Waals surface area contributed by atoms with E-state index in [4.69, 9.17) is 23.9 Å². The van der Waals surface area contributed by atoms with Gasteiger partial charge < -0.3 is 29.6 Å². The molecule has 7 nitrogen and oxygen atoms in total. The Labute approximate surface area is 178 Å². The molecule has 0 atom stereocenters. The first kappa shape index (κ1) is 22.0. The first-order valence-corrected chi connectivity index (χ1v) is 9.26. The molecule has 152 valence electrons. The fourth-order valence-corrected chi connectivity index (χ4v) is 3.37. The van der Waals surface area contributed by atoms with Crippen molar-refractivity contribution in [3.63, 3.8) is 0 Å². The van der Waals surface area contributed by atoms with E-state index in [9.17, 15) is 0 Å². The van der Waals surface area contributed by atoms with Crippen LogP contribution in [0.3, 0.4) is 0 Å². The van der Waals surface area contributed by atoms with E-state index in [2.05, 4.69) is 29.7 Å². The summed E-state index contributed by atoms with van der Waals surface area (Å²) < 4.78 is 21.8.